The molecule has 0 unspecified atom stereocenters. The zero-order valence-electron chi connectivity index (χ0n) is 11.4. The Labute approximate surface area is 109 Å². The average molecular weight is 250 g/mol. The second-order valence-corrected chi connectivity index (χ2v) is 4.35. The number of nitrogens with zero attached hydrogens (tertiary/aromatic N) is 2. The van der Waals surface area contributed by atoms with E-state index in [-0.39, 0.29) is 12.4 Å². The highest BCUT2D eigenvalue weighted by molar-refractivity contribution is 5.94. The lowest BCUT2D eigenvalue weighted by Gasteiger charge is -2.31. The standard InChI is InChI=1S/C14H22N2O2/c1-4-13(5-2)16(8-9-17)14-10-12(11(3)18)6-7-15-14/h6-7,10,13,17H,4-5,8-9H2,1-3H3. The molecular formula is C14H22N2O2. The third kappa shape index (κ3) is 3.53. The second kappa shape index (κ2) is 7.11. The Balaban J connectivity index is 3.04. The van der Waals surface area contributed by atoms with Gasteiger partial charge in [-0.05, 0) is 31.9 Å². The van der Waals surface area contributed by atoms with Gasteiger partial charge in [-0.1, -0.05) is 13.8 Å². The van der Waals surface area contributed by atoms with E-state index in [1.165, 1.54) is 0 Å². The number of anilines is 1. The number of Topliss-reactive ketones (excluding diaryl/α,β-unsaturated/α-hetero) is 1. The molecule has 1 aromatic rings. The van der Waals surface area contributed by atoms with Crippen LogP contribution in [0.15, 0.2) is 18.3 Å². The van der Waals surface area contributed by atoms with E-state index >= 15 is 0 Å². The van der Waals surface area contributed by atoms with Gasteiger partial charge in [-0.3, -0.25) is 4.79 Å². The number of aliphatic hydroxyl groups is 1. The number of hydrogen-bond donors (Lipinski definition) is 1. The van der Waals surface area contributed by atoms with E-state index in [4.69, 9.17) is 0 Å². The largest absolute Gasteiger partial charge is 0.395 e. The van der Waals surface area contributed by atoms with E-state index in [1.807, 2.05) is 0 Å². The van der Waals surface area contributed by atoms with Crippen molar-refractivity contribution in [2.24, 2.45) is 0 Å². The first-order chi connectivity index (χ1) is 8.63. The molecule has 0 radical (unpaired) electrons. The van der Waals surface area contributed by atoms with Crippen molar-refractivity contribution in [2.45, 2.75) is 39.7 Å². The van der Waals surface area contributed by atoms with E-state index in [2.05, 4.69) is 23.7 Å². The first kappa shape index (κ1) is 14.6. The van der Waals surface area contributed by atoms with E-state index in [0.717, 1.165) is 18.7 Å². The minimum Gasteiger partial charge on any atom is -0.395 e. The third-order valence-corrected chi connectivity index (χ3v) is 3.17. The number of aliphatic hydroxyl groups excluding tert-OH is 1. The van der Waals surface area contributed by atoms with Gasteiger partial charge in [0.2, 0.25) is 0 Å². The Kier molecular flexibility index (Phi) is 5.78. The van der Waals surface area contributed by atoms with Gasteiger partial charge >= 0.3 is 0 Å². The number of carbonyl (C=O) groups is 1. The summed E-state index contributed by atoms with van der Waals surface area (Å²) in [4.78, 5) is 17.8. The summed E-state index contributed by atoms with van der Waals surface area (Å²) < 4.78 is 0. The number of hydrogen-bond acceptors (Lipinski definition) is 4. The smallest absolute Gasteiger partial charge is 0.159 e. The van der Waals surface area contributed by atoms with Gasteiger partial charge in [-0.15, -0.1) is 0 Å². The SMILES string of the molecule is CCC(CC)N(CCO)c1cc(C(C)=O)ccn1. The zero-order valence-corrected chi connectivity index (χ0v) is 11.4. The molecular weight excluding hydrogens is 228 g/mol. The summed E-state index contributed by atoms with van der Waals surface area (Å²) in [6.07, 6.45) is 3.63. The maximum atomic E-state index is 11.4. The monoisotopic (exact) mass is 250 g/mol. The van der Waals surface area contributed by atoms with Crippen LogP contribution in [0.1, 0.15) is 44.0 Å². The molecule has 0 aromatic carbocycles. The van der Waals surface area contributed by atoms with Gasteiger partial charge in [-0.25, -0.2) is 4.98 Å². The Morgan fingerprint density at radius 2 is 2.11 bits per heavy atom. The minimum absolute atomic E-state index is 0.0344. The van der Waals surface area contributed by atoms with Gasteiger partial charge in [0.25, 0.3) is 0 Å². The van der Waals surface area contributed by atoms with Crippen LogP contribution in [0.4, 0.5) is 5.82 Å². The lowest BCUT2D eigenvalue weighted by molar-refractivity contribution is 0.101. The van der Waals surface area contributed by atoms with Crippen molar-refractivity contribution in [1.82, 2.24) is 4.98 Å². The molecule has 0 aliphatic carbocycles. The van der Waals surface area contributed by atoms with Crippen molar-refractivity contribution in [3.8, 4) is 0 Å². The molecule has 0 aliphatic heterocycles. The molecule has 0 aliphatic rings. The van der Waals surface area contributed by atoms with Crippen LogP contribution in [0.25, 0.3) is 0 Å². The third-order valence-electron chi connectivity index (χ3n) is 3.17. The van der Waals surface area contributed by atoms with E-state index in [0.29, 0.717) is 18.2 Å². The number of pyridine rings is 1. The van der Waals surface area contributed by atoms with E-state index in [1.54, 1.807) is 25.3 Å². The molecule has 1 heterocycles. The minimum atomic E-state index is 0.0344. The van der Waals surface area contributed by atoms with Crippen molar-refractivity contribution in [1.29, 1.82) is 0 Å². The normalized spacial score (nSPS) is 10.7. The number of carbonyl (C=O) groups excluding carboxylic acids is 1. The fraction of sp³-hybridized carbons (Fsp3) is 0.571. The summed E-state index contributed by atoms with van der Waals surface area (Å²) in [5, 5.41) is 9.18. The molecule has 1 rings (SSSR count). The summed E-state index contributed by atoms with van der Waals surface area (Å²) in [5.41, 5.74) is 0.661. The summed E-state index contributed by atoms with van der Waals surface area (Å²) in [5.74, 6) is 0.803. The zero-order chi connectivity index (χ0) is 13.5. The van der Waals surface area contributed by atoms with Gasteiger partial charge < -0.3 is 10.0 Å². The molecule has 0 amide bonds. The van der Waals surface area contributed by atoms with Gasteiger partial charge in [-0.2, -0.15) is 0 Å². The molecule has 4 nitrogen and oxygen atoms in total. The van der Waals surface area contributed by atoms with Crippen molar-refractivity contribution < 1.29 is 9.90 Å². The van der Waals surface area contributed by atoms with Gasteiger partial charge in [0, 0.05) is 24.3 Å². The highest BCUT2D eigenvalue weighted by Crippen LogP contribution is 2.19. The highest BCUT2D eigenvalue weighted by Gasteiger charge is 2.17. The summed E-state index contributed by atoms with van der Waals surface area (Å²) in [7, 11) is 0. The van der Waals surface area contributed by atoms with Crippen molar-refractivity contribution in [2.75, 3.05) is 18.1 Å². The maximum absolute atomic E-state index is 11.4. The fourth-order valence-electron chi connectivity index (χ4n) is 2.12. The Morgan fingerprint density at radius 1 is 1.44 bits per heavy atom. The predicted octanol–water partition coefficient (Wildman–Crippen LogP) is 2.27. The lowest BCUT2D eigenvalue weighted by atomic mass is 10.1. The number of aromatic nitrogens is 1. The first-order valence-electron chi connectivity index (χ1n) is 6.48. The summed E-state index contributed by atoms with van der Waals surface area (Å²) in [6.45, 7) is 6.41. The Morgan fingerprint density at radius 3 is 2.61 bits per heavy atom. The predicted molar refractivity (Wildman–Crippen MR) is 73.0 cm³/mol. The van der Waals surface area contributed by atoms with Crippen molar-refractivity contribution in [3.63, 3.8) is 0 Å². The molecule has 100 valence electrons. The van der Waals surface area contributed by atoms with E-state index in [9.17, 15) is 9.90 Å². The van der Waals surface area contributed by atoms with Crippen LogP contribution in [0, 0.1) is 0 Å². The van der Waals surface area contributed by atoms with Crippen LogP contribution in [-0.4, -0.2) is 35.1 Å². The molecule has 0 atom stereocenters. The van der Waals surface area contributed by atoms with Crippen LogP contribution in [0.5, 0.6) is 0 Å². The van der Waals surface area contributed by atoms with Crippen LogP contribution in [-0.2, 0) is 0 Å². The quantitative estimate of drug-likeness (QED) is 0.754. The van der Waals surface area contributed by atoms with Gasteiger partial charge in [0.1, 0.15) is 5.82 Å². The average Bonchev–Trinajstić information content (AvgIpc) is 2.39. The van der Waals surface area contributed by atoms with Crippen LogP contribution >= 0.6 is 0 Å². The number of rotatable bonds is 7. The Hall–Kier alpha value is -1.42. The molecule has 0 saturated heterocycles. The maximum Gasteiger partial charge on any atom is 0.159 e. The van der Waals surface area contributed by atoms with Crippen LogP contribution in [0.2, 0.25) is 0 Å². The van der Waals surface area contributed by atoms with Gasteiger partial charge in [0.05, 0.1) is 6.61 Å². The molecule has 0 saturated carbocycles. The first-order valence-corrected chi connectivity index (χ1v) is 6.48. The molecule has 0 fully saturated rings. The molecule has 1 aromatic heterocycles. The molecule has 0 spiro atoms. The molecule has 18 heavy (non-hydrogen) atoms. The fourth-order valence-corrected chi connectivity index (χ4v) is 2.12. The molecule has 0 bridgehead atoms. The van der Waals surface area contributed by atoms with Crippen molar-refractivity contribution >= 4 is 11.6 Å². The number of ketones is 1. The van der Waals surface area contributed by atoms with Crippen LogP contribution < -0.4 is 4.90 Å². The highest BCUT2D eigenvalue weighted by atomic mass is 16.3. The summed E-state index contributed by atoms with van der Waals surface area (Å²) in [6, 6.07) is 3.86. The second-order valence-electron chi connectivity index (χ2n) is 4.35. The molecule has 1 N–H and O–H groups in total. The summed E-state index contributed by atoms with van der Waals surface area (Å²) >= 11 is 0. The van der Waals surface area contributed by atoms with E-state index < -0.39 is 0 Å². The van der Waals surface area contributed by atoms with Crippen molar-refractivity contribution in [3.05, 3.63) is 23.9 Å². The Bertz CT molecular complexity index is 389. The van der Waals surface area contributed by atoms with Gasteiger partial charge in [0.15, 0.2) is 5.78 Å². The lowest BCUT2D eigenvalue weighted by Crippen LogP contribution is -2.37. The van der Waals surface area contributed by atoms with Crippen LogP contribution in [0.3, 0.4) is 0 Å². The molecule has 4 heteroatoms. The topological polar surface area (TPSA) is 53.4 Å².